The first-order chi connectivity index (χ1) is 15.3. The molecule has 3 aromatic rings. The van der Waals surface area contributed by atoms with Crippen molar-refractivity contribution in [2.75, 3.05) is 6.61 Å². The Morgan fingerprint density at radius 1 is 1.16 bits per heavy atom. The van der Waals surface area contributed by atoms with Crippen LogP contribution < -0.4 is 9.61 Å². The third-order valence-corrected chi connectivity index (χ3v) is 7.76. The first kappa shape index (κ1) is 24.0. The summed E-state index contributed by atoms with van der Waals surface area (Å²) in [5, 5.41) is 13.0. The third kappa shape index (κ3) is 6.66. The Morgan fingerprint density at radius 2 is 1.91 bits per heavy atom. The van der Waals surface area contributed by atoms with Crippen molar-refractivity contribution in [3.8, 4) is 5.75 Å². The van der Waals surface area contributed by atoms with Gasteiger partial charge in [0, 0.05) is 10.7 Å². The topological polar surface area (TPSA) is 102 Å². The molecule has 0 aliphatic rings. The van der Waals surface area contributed by atoms with Gasteiger partial charge >= 0.3 is 19.5 Å². The number of aromatic carboxylic acids is 1. The number of para-hydroxylation sites is 1. The molecule has 2 unspecified atom stereocenters. The summed E-state index contributed by atoms with van der Waals surface area (Å²) in [6.45, 7) is 4.03. The largest absolute Gasteiger partial charge is 0.477 e. The second-order valence-corrected chi connectivity index (χ2v) is 10.7. The van der Waals surface area contributed by atoms with E-state index in [0.29, 0.717) is 12.4 Å². The van der Waals surface area contributed by atoms with E-state index < -0.39 is 19.5 Å². The van der Waals surface area contributed by atoms with Gasteiger partial charge in [0.25, 0.3) is 0 Å². The van der Waals surface area contributed by atoms with Gasteiger partial charge in [-0.3, -0.25) is 9.36 Å². The minimum atomic E-state index is -3.46. The average Bonchev–Trinajstić information content (AvgIpc) is 3.16. The quantitative estimate of drug-likeness (QED) is 0.271. The van der Waals surface area contributed by atoms with Crippen LogP contribution >= 0.6 is 18.9 Å². The normalized spacial score (nSPS) is 13.9. The maximum Gasteiger partial charge on any atom is 0.345 e. The fourth-order valence-corrected chi connectivity index (χ4v) is 6.19. The van der Waals surface area contributed by atoms with Crippen LogP contribution in [-0.4, -0.2) is 29.7 Å². The van der Waals surface area contributed by atoms with Gasteiger partial charge in [-0.1, -0.05) is 31.2 Å². The van der Waals surface area contributed by atoms with Crippen molar-refractivity contribution in [2.24, 2.45) is 0 Å². The molecule has 2 N–H and O–H groups in total. The number of hydrogen-bond acceptors (Lipinski definition) is 6. The number of ether oxygens (including phenoxy) is 1. The van der Waals surface area contributed by atoms with Crippen LogP contribution in [0.2, 0.25) is 0 Å². The fourth-order valence-electron chi connectivity index (χ4n) is 3.20. The molecule has 2 aromatic carbocycles. The molecule has 0 saturated heterocycles. The molecule has 3 rings (SSSR count). The summed E-state index contributed by atoms with van der Waals surface area (Å²) >= 11 is 1.19. The van der Waals surface area contributed by atoms with Crippen LogP contribution in [0.15, 0.2) is 54.6 Å². The summed E-state index contributed by atoms with van der Waals surface area (Å²) in [6, 6.07) is 15.5. The Kier molecular flexibility index (Phi) is 8.07. The van der Waals surface area contributed by atoms with E-state index >= 15 is 0 Å². The van der Waals surface area contributed by atoms with Gasteiger partial charge in [0.05, 0.1) is 19.2 Å². The standard InChI is InChI=1S/C23H26NO6PS/c1-3-11-29-22(25)12-16(2)24-31(28,30-19-7-5-4-6-8-19)15-17-9-10-20-18(13-17)14-21(32-20)23(26)27/h4-10,13-14,16H,3,11-12,15H2,1-2H3,(H,24,28)(H,26,27). The number of carboxylic acids is 1. The van der Waals surface area contributed by atoms with Gasteiger partial charge in [-0.2, -0.15) is 0 Å². The molecule has 0 amide bonds. The smallest absolute Gasteiger partial charge is 0.345 e. The highest BCUT2D eigenvalue weighted by atomic mass is 32.1. The van der Waals surface area contributed by atoms with Gasteiger partial charge in [-0.25, -0.2) is 9.88 Å². The minimum Gasteiger partial charge on any atom is -0.477 e. The van der Waals surface area contributed by atoms with Crippen molar-refractivity contribution in [3.05, 3.63) is 65.0 Å². The summed E-state index contributed by atoms with van der Waals surface area (Å²) < 4.78 is 25.7. The Hall–Kier alpha value is -2.67. The molecule has 1 heterocycles. The Labute approximate surface area is 190 Å². The van der Waals surface area contributed by atoms with Crippen LogP contribution in [-0.2, 0) is 20.3 Å². The molecule has 0 aliphatic heterocycles. The highest BCUT2D eigenvalue weighted by Crippen LogP contribution is 2.47. The maximum absolute atomic E-state index is 13.8. The number of rotatable bonds is 11. The van der Waals surface area contributed by atoms with E-state index in [9.17, 15) is 19.3 Å². The maximum atomic E-state index is 13.8. The molecular weight excluding hydrogens is 449 g/mol. The molecule has 9 heteroatoms. The van der Waals surface area contributed by atoms with E-state index in [1.807, 2.05) is 31.2 Å². The predicted octanol–water partition coefficient (Wildman–Crippen LogP) is 5.69. The van der Waals surface area contributed by atoms with Gasteiger partial charge in [0.1, 0.15) is 10.6 Å². The van der Waals surface area contributed by atoms with Crippen molar-refractivity contribution >= 4 is 40.9 Å². The summed E-state index contributed by atoms with van der Waals surface area (Å²) in [7, 11) is -3.46. The number of carbonyl (C=O) groups excluding carboxylic acids is 1. The summed E-state index contributed by atoms with van der Waals surface area (Å²) in [5.74, 6) is -0.885. The van der Waals surface area contributed by atoms with E-state index in [1.165, 1.54) is 11.3 Å². The number of thiophene rings is 1. The number of carbonyl (C=O) groups is 2. The van der Waals surface area contributed by atoms with E-state index in [4.69, 9.17) is 9.26 Å². The zero-order valence-corrected chi connectivity index (χ0v) is 19.7. The van der Waals surface area contributed by atoms with E-state index in [-0.39, 0.29) is 23.4 Å². The van der Waals surface area contributed by atoms with E-state index in [2.05, 4.69) is 5.09 Å². The van der Waals surface area contributed by atoms with Crippen LogP contribution in [0.4, 0.5) is 0 Å². The van der Waals surface area contributed by atoms with Gasteiger partial charge in [0.15, 0.2) is 0 Å². The zero-order valence-electron chi connectivity index (χ0n) is 17.9. The van der Waals surface area contributed by atoms with E-state index in [0.717, 1.165) is 22.1 Å². The molecule has 0 radical (unpaired) electrons. The molecule has 32 heavy (non-hydrogen) atoms. The number of fused-ring (bicyclic) bond motifs is 1. The molecule has 7 nitrogen and oxygen atoms in total. The second-order valence-electron chi connectivity index (χ2n) is 7.48. The first-order valence-corrected chi connectivity index (χ1v) is 12.9. The fraction of sp³-hybridized carbons (Fsp3) is 0.304. The number of benzene rings is 2. The van der Waals surface area contributed by atoms with Crippen molar-refractivity contribution in [2.45, 2.75) is 38.9 Å². The van der Waals surface area contributed by atoms with Crippen molar-refractivity contribution in [1.82, 2.24) is 5.09 Å². The van der Waals surface area contributed by atoms with E-state index in [1.54, 1.807) is 37.3 Å². The molecule has 0 saturated carbocycles. The highest BCUT2D eigenvalue weighted by Gasteiger charge is 2.29. The van der Waals surface area contributed by atoms with Crippen molar-refractivity contribution in [1.29, 1.82) is 0 Å². The van der Waals surface area contributed by atoms with Gasteiger partial charge in [0.2, 0.25) is 0 Å². The molecule has 0 aliphatic carbocycles. The number of hydrogen-bond donors (Lipinski definition) is 2. The van der Waals surface area contributed by atoms with Gasteiger partial charge < -0.3 is 14.4 Å². The molecule has 0 fully saturated rings. The number of carboxylic acid groups (broad SMARTS) is 1. The average molecular weight is 476 g/mol. The summed E-state index contributed by atoms with van der Waals surface area (Å²) in [6.07, 6.45) is 0.871. The van der Waals surface area contributed by atoms with Crippen LogP contribution in [0.3, 0.4) is 0 Å². The molecule has 170 valence electrons. The highest BCUT2D eigenvalue weighted by molar-refractivity contribution is 7.56. The van der Waals surface area contributed by atoms with Crippen LogP contribution in [0.1, 0.15) is 41.9 Å². The van der Waals surface area contributed by atoms with Crippen molar-refractivity contribution < 1.29 is 28.5 Å². The van der Waals surface area contributed by atoms with Gasteiger partial charge in [-0.05, 0) is 54.6 Å². The Bertz CT molecular complexity index is 1130. The second kappa shape index (κ2) is 10.8. The lowest BCUT2D eigenvalue weighted by Crippen LogP contribution is -2.29. The Balaban J connectivity index is 1.81. The third-order valence-electron chi connectivity index (χ3n) is 4.54. The summed E-state index contributed by atoms with van der Waals surface area (Å²) in [4.78, 5) is 23.5. The number of nitrogens with one attached hydrogen (secondary N) is 1. The molecule has 1 aromatic heterocycles. The lowest BCUT2D eigenvalue weighted by molar-refractivity contribution is -0.144. The first-order valence-electron chi connectivity index (χ1n) is 10.3. The lowest BCUT2D eigenvalue weighted by atomic mass is 10.2. The zero-order chi connectivity index (χ0) is 23.1. The molecule has 2 atom stereocenters. The molecule has 0 bridgehead atoms. The predicted molar refractivity (Wildman–Crippen MR) is 126 cm³/mol. The SMILES string of the molecule is CCCOC(=O)CC(C)NP(=O)(Cc1ccc2sc(C(=O)O)cc2c1)Oc1ccccc1. The minimum absolute atomic E-state index is 0.0632. The Morgan fingerprint density at radius 3 is 2.59 bits per heavy atom. The van der Waals surface area contributed by atoms with Crippen molar-refractivity contribution in [3.63, 3.8) is 0 Å². The molecule has 0 spiro atoms. The van der Waals surface area contributed by atoms with Crippen LogP contribution in [0, 0.1) is 0 Å². The van der Waals surface area contributed by atoms with Crippen LogP contribution in [0.25, 0.3) is 10.1 Å². The summed E-state index contributed by atoms with van der Waals surface area (Å²) in [5.41, 5.74) is 0.736. The monoisotopic (exact) mass is 475 g/mol. The van der Waals surface area contributed by atoms with Crippen LogP contribution in [0.5, 0.6) is 5.75 Å². The number of esters is 1. The lowest BCUT2D eigenvalue weighted by Gasteiger charge is -2.24. The molecular formula is C23H26NO6PS. The van der Waals surface area contributed by atoms with Gasteiger partial charge in [-0.15, -0.1) is 11.3 Å².